The maximum absolute atomic E-state index is 13.0. The Hall–Kier alpha value is -1.97. The number of carbonyl (C=O) groups excluding carboxylic acids is 3. The monoisotopic (exact) mass is 1240 g/mol. The Morgan fingerprint density at radius 3 is 0.841 bits per heavy atom. The molecule has 0 radical (unpaired) electrons. The third kappa shape index (κ3) is 71.5. The smallest absolute Gasteiger partial charge is 0.306 e. The zero-order valence-corrected chi connectivity index (χ0v) is 59.9. The van der Waals surface area contributed by atoms with E-state index in [1.165, 1.54) is 353 Å². The lowest BCUT2D eigenvalue weighted by Crippen LogP contribution is -2.44. The number of carboxylic acid groups (broad SMARTS) is 1. The van der Waals surface area contributed by atoms with Gasteiger partial charge in [0.1, 0.15) is 13.2 Å². The van der Waals surface area contributed by atoms with Crippen LogP contribution in [0.4, 0.5) is 0 Å². The summed E-state index contributed by atoms with van der Waals surface area (Å²) in [5.74, 6) is -2.24. The average Bonchev–Trinajstić information content (AvgIpc) is 3.54. The van der Waals surface area contributed by atoms with E-state index in [1.54, 1.807) is 0 Å². The molecular weight excluding hydrogens is 1090 g/mol. The van der Waals surface area contributed by atoms with Crippen LogP contribution in [0.2, 0.25) is 0 Å². The summed E-state index contributed by atoms with van der Waals surface area (Å²) in [5, 5.41) is 11.8. The molecule has 0 bridgehead atoms. The van der Waals surface area contributed by atoms with Crippen LogP contribution in [0.15, 0.2) is 12.2 Å². The van der Waals surface area contributed by atoms with Crippen LogP contribution in [-0.2, 0) is 33.3 Å². The van der Waals surface area contributed by atoms with E-state index in [0.717, 1.165) is 38.5 Å². The summed E-state index contributed by atoms with van der Waals surface area (Å²) < 4.78 is 22.9. The van der Waals surface area contributed by atoms with Crippen molar-refractivity contribution >= 4 is 17.9 Å². The molecule has 0 saturated carbocycles. The molecule has 0 aliphatic carbocycles. The molecule has 0 amide bonds. The highest BCUT2D eigenvalue weighted by molar-refractivity contribution is 5.70. The lowest BCUT2D eigenvalue weighted by molar-refractivity contribution is -0.870. The summed E-state index contributed by atoms with van der Waals surface area (Å²) in [7, 11) is 5.95. The van der Waals surface area contributed by atoms with E-state index in [1.807, 2.05) is 21.1 Å². The number of ether oxygens (including phenoxy) is 4. The molecule has 0 aromatic rings. The predicted octanol–water partition coefficient (Wildman–Crippen LogP) is 23.4. The van der Waals surface area contributed by atoms with Gasteiger partial charge in [0.2, 0.25) is 0 Å². The summed E-state index contributed by atoms with van der Waals surface area (Å²) in [4.78, 5) is 37.6. The molecule has 0 fully saturated rings. The molecule has 0 spiro atoms. The lowest BCUT2D eigenvalue weighted by Gasteiger charge is -2.26. The minimum absolute atomic E-state index is 0.153. The number of carboxylic acids is 1. The van der Waals surface area contributed by atoms with Gasteiger partial charge in [-0.15, -0.1) is 0 Å². The summed E-state index contributed by atoms with van der Waals surface area (Å²) >= 11 is 0. The fourth-order valence-electron chi connectivity index (χ4n) is 12.2. The van der Waals surface area contributed by atoms with Gasteiger partial charge >= 0.3 is 11.9 Å². The molecule has 2 atom stereocenters. The summed E-state index contributed by atoms with van der Waals surface area (Å²) in [5.41, 5.74) is 0. The number of likely N-dealkylation sites (N-methyl/N-ethyl adjacent to an activating group) is 1. The van der Waals surface area contributed by atoms with E-state index in [-0.39, 0.29) is 32.2 Å². The first-order valence-electron chi connectivity index (χ1n) is 39.3. The van der Waals surface area contributed by atoms with E-state index < -0.39 is 24.3 Å². The first kappa shape index (κ1) is 86.0. The van der Waals surface area contributed by atoms with Crippen molar-refractivity contribution in [3.63, 3.8) is 0 Å². The number of nitrogens with zero attached hydrogens (tertiary/aromatic N) is 1. The molecule has 0 aromatic heterocycles. The Morgan fingerprint density at radius 1 is 0.330 bits per heavy atom. The van der Waals surface area contributed by atoms with Crippen molar-refractivity contribution in [3.05, 3.63) is 12.2 Å². The molecule has 0 aliphatic rings. The van der Waals surface area contributed by atoms with Gasteiger partial charge in [-0.3, -0.25) is 9.59 Å². The van der Waals surface area contributed by atoms with E-state index in [4.69, 9.17) is 18.9 Å². The predicted molar refractivity (Wildman–Crippen MR) is 376 cm³/mol. The summed E-state index contributed by atoms with van der Waals surface area (Å²) in [6.45, 7) is 4.84. The molecule has 0 saturated heterocycles. The highest BCUT2D eigenvalue weighted by Crippen LogP contribution is 2.20. The second-order valence-electron chi connectivity index (χ2n) is 28.4. The van der Waals surface area contributed by atoms with Gasteiger partial charge < -0.3 is 33.3 Å². The van der Waals surface area contributed by atoms with Gasteiger partial charge in [0, 0.05) is 12.8 Å². The van der Waals surface area contributed by atoms with Crippen LogP contribution in [0.25, 0.3) is 0 Å². The van der Waals surface area contributed by atoms with E-state index in [0.29, 0.717) is 17.4 Å². The molecule has 9 heteroatoms. The molecular formula is C79H153NO8. The topological polar surface area (TPSA) is 111 Å². The Bertz CT molecular complexity index is 1450. The minimum atomic E-state index is -1.62. The molecule has 2 unspecified atom stereocenters. The Balaban J connectivity index is 3.97. The van der Waals surface area contributed by atoms with Crippen molar-refractivity contribution in [1.29, 1.82) is 0 Å². The van der Waals surface area contributed by atoms with Crippen molar-refractivity contribution in [2.24, 2.45) is 0 Å². The first-order chi connectivity index (χ1) is 43.1. The number of quaternary nitrogens is 1. The highest BCUT2D eigenvalue weighted by Gasteiger charge is 2.22. The fourth-order valence-corrected chi connectivity index (χ4v) is 12.2. The first-order valence-corrected chi connectivity index (χ1v) is 39.3. The maximum atomic E-state index is 13.0. The molecule has 0 aromatic carbocycles. The third-order valence-corrected chi connectivity index (χ3v) is 18.3. The molecule has 0 aliphatic heterocycles. The largest absolute Gasteiger partial charge is 0.545 e. The fraction of sp³-hybridized carbons (Fsp3) is 0.937. The number of hydrogen-bond acceptors (Lipinski definition) is 8. The second kappa shape index (κ2) is 70.9. The molecule has 0 N–H and O–H groups in total. The normalized spacial score (nSPS) is 12.6. The number of unbranched alkanes of at least 4 members (excludes halogenated alkanes) is 58. The Kier molecular flexibility index (Phi) is 69.3. The maximum Gasteiger partial charge on any atom is 0.306 e. The molecule has 0 rings (SSSR count). The zero-order chi connectivity index (χ0) is 64.0. The van der Waals surface area contributed by atoms with Gasteiger partial charge in [-0.2, -0.15) is 0 Å². The van der Waals surface area contributed by atoms with Gasteiger partial charge in [0.15, 0.2) is 12.4 Å². The van der Waals surface area contributed by atoms with Crippen LogP contribution in [0.3, 0.4) is 0 Å². The summed E-state index contributed by atoms with van der Waals surface area (Å²) in [6.07, 6.45) is 84.8. The molecule has 522 valence electrons. The van der Waals surface area contributed by atoms with Crippen LogP contribution in [0, 0.1) is 0 Å². The lowest BCUT2D eigenvalue weighted by atomic mass is 10.0. The van der Waals surface area contributed by atoms with E-state index >= 15 is 0 Å². The van der Waals surface area contributed by atoms with Crippen molar-refractivity contribution in [2.75, 3.05) is 47.5 Å². The standard InChI is InChI=1S/C79H153NO8/c1-6-8-10-12-14-16-18-20-22-24-26-28-30-32-34-36-37-38-39-40-41-42-44-46-48-50-52-54-56-58-60-62-64-66-68-70-77(82)88-75(74-87-79(78(83)84)85-72-71-80(3,4)5)73-86-76(81)69-67-65-63-61-59-57-55-53-51-49-47-45-43-35-33-31-29-27-25-23-21-19-17-15-13-11-9-7-2/h24,26,75,79H,6-23,25,27-74H2,1-5H3/b26-24-. The third-order valence-electron chi connectivity index (χ3n) is 18.3. The number of aliphatic carboxylic acids is 1. The number of allylic oxidation sites excluding steroid dienone is 2. The van der Waals surface area contributed by atoms with Crippen molar-refractivity contribution in [3.8, 4) is 0 Å². The number of carbonyl (C=O) groups is 3. The van der Waals surface area contributed by atoms with E-state index in [2.05, 4.69) is 26.0 Å². The highest BCUT2D eigenvalue weighted by atomic mass is 16.7. The van der Waals surface area contributed by atoms with Gasteiger partial charge in [0.05, 0.1) is 40.3 Å². The summed E-state index contributed by atoms with van der Waals surface area (Å²) in [6, 6.07) is 0. The van der Waals surface area contributed by atoms with Crippen LogP contribution >= 0.6 is 0 Å². The van der Waals surface area contributed by atoms with Crippen LogP contribution in [0.5, 0.6) is 0 Å². The van der Waals surface area contributed by atoms with Crippen molar-refractivity contribution in [1.82, 2.24) is 0 Å². The van der Waals surface area contributed by atoms with Gasteiger partial charge in [-0.05, 0) is 38.5 Å². The molecule has 0 heterocycles. The van der Waals surface area contributed by atoms with Gasteiger partial charge in [-0.25, -0.2) is 0 Å². The number of hydrogen-bond donors (Lipinski definition) is 0. The van der Waals surface area contributed by atoms with Crippen LogP contribution in [-0.4, -0.2) is 82.3 Å². The van der Waals surface area contributed by atoms with Crippen LogP contribution in [0.1, 0.15) is 418 Å². The molecule has 88 heavy (non-hydrogen) atoms. The van der Waals surface area contributed by atoms with E-state index in [9.17, 15) is 19.5 Å². The van der Waals surface area contributed by atoms with Gasteiger partial charge in [0.25, 0.3) is 0 Å². The van der Waals surface area contributed by atoms with Crippen molar-refractivity contribution in [2.45, 2.75) is 431 Å². The second-order valence-corrected chi connectivity index (χ2v) is 28.4. The van der Waals surface area contributed by atoms with Crippen LogP contribution < -0.4 is 5.11 Å². The Morgan fingerprint density at radius 2 is 0.580 bits per heavy atom. The average molecular weight is 1250 g/mol. The zero-order valence-electron chi connectivity index (χ0n) is 59.9. The number of esters is 2. The van der Waals surface area contributed by atoms with Gasteiger partial charge in [-0.1, -0.05) is 379 Å². The SMILES string of the molecule is CCCCCCCCCC/C=C\CCCCCCCCCCCCCCCCCCCCCCCCCC(=O)OC(COC(=O)CCCCCCCCCCCCCCCCCCCCCCCCCCCCCC)COC(OCC[N+](C)(C)C)C(=O)[O-]. The quantitative estimate of drug-likeness (QED) is 0.0195. The minimum Gasteiger partial charge on any atom is -0.545 e. The van der Waals surface area contributed by atoms with Crippen molar-refractivity contribution < 1.29 is 42.9 Å². The number of rotatable bonds is 75. The molecule has 9 nitrogen and oxygen atoms in total. The Labute approximate surface area is 548 Å².